The van der Waals surface area contributed by atoms with Crippen LogP contribution in [0.4, 0.5) is 0 Å². The molecule has 1 aromatic carbocycles. The molecule has 0 radical (unpaired) electrons. The molecule has 2 N–H and O–H groups in total. The highest BCUT2D eigenvalue weighted by molar-refractivity contribution is 5.92. The summed E-state index contributed by atoms with van der Waals surface area (Å²) in [6.45, 7) is 5.83. The summed E-state index contributed by atoms with van der Waals surface area (Å²) >= 11 is 0. The van der Waals surface area contributed by atoms with Gasteiger partial charge in [0.05, 0.1) is 18.2 Å². The summed E-state index contributed by atoms with van der Waals surface area (Å²) < 4.78 is 0. The van der Waals surface area contributed by atoms with E-state index in [1.54, 1.807) is 17.0 Å². The molecule has 0 aromatic heterocycles. The molecule has 8 nitrogen and oxygen atoms in total. The molecular weight excluding hydrogens is 394 g/mol. The van der Waals surface area contributed by atoms with Gasteiger partial charge in [-0.3, -0.25) is 19.3 Å². The minimum Gasteiger partial charge on any atom is -0.366 e. The number of benzene rings is 1. The van der Waals surface area contributed by atoms with Gasteiger partial charge >= 0.3 is 0 Å². The van der Waals surface area contributed by atoms with Gasteiger partial charge in [0.1, 0.15) is 6.04 Å². The molecule has 8 heteroatoms. The molecule has 2 bridgehead atoms. The first-order valence-corrected chi connectivity index (χ1v) is 11.0. The van der Waals surface area contributed by atoms with Crippen LogP contribution in [0, 0.1) is 17.2 Å². The van der Waals surface area contributed by atoms with E-state index in [4.69, 9.17) is 5.73 Å². The van der Waals surface area contributed by atoms with Gasteiger partial charge in [0.15, 0.2) is 0 Å². The smallest absolute Gasteiger partial charge is 0.248 e. The molecule has 31 heavy (non-hydrogen) atoms. The summed E-state index contributed by atoms with van der Waals surface area (Å²) in [5.41, 5.74) is 6.73. The minimum atomic E-state index is -0.468. The van der Waals surface area contributed by atoms with Crippen LogP contribution in [0.5, 0.6) is 0 Å². The fourth-order valence-electron chi connectivity index (χ4n) is 5.36. The number of hydrogen-bond donors (Lipinski definition) is 1. The van der Waals surface area contributed by atoms with Crippen LogP contribution < -0.4 is 5.73 Å². The van der Waals surface area contributed by atoms with Gasteiger partial charge in [-0.25, -0.2) is 0 Å². The van der Waals surface area contributed by atoms with Crippen molar-refractivity contribution in [2.45, 2.75) is 57.3 Å². The average Bonchev–Trinajstić information content (AvgIpc) is 3.47. The fourth-order valence-corrected chi connectivity index (χ4v) is 5.36. The number of rotatable bonds is 6. The third-order valence-electron chi connectivity index (χ3n) is 7.02. The largest absolute Gasteiger partial charge is 0.366 e. The molecular formula is C23H29N5O3. The second-order valence-electron chi connectivity index (χ2n) is 8.99. The van der Waals surface area contributed by atoms with Crippen LogP contribution in [0.15, 0.2) is 24.3 Å². The Morgan fingerprint density at radius 2 is 1.97 bits per heavy atom. The first-order valence-electron chi connectivity index (χ1n) is 11.0. The maximum atomic E-state index is 13.1. The lowest BCUT2D eigenvalue weighted by Gasteiger charge is -2.38. The Kier molecular flexibility index (Phi) is 5.71. The second-order valence-corrected chi connectivity index (χ2v) is 8.99. The monoisotopic (exact) mass is 423 g/mol. The van der Waals surface area contributed by atoms with Crippen molar-refractivity contribution in [2.75, 3.05) is 19.6 Å². The minimum absolute atomic E-state index is 0.0130. The predicted molar refractivity (Wildman–Crippen MR) is 113 cm³/mol. The summed E-state index contributed by atoms with van der Waals surface area (Å²) in [7, 11) is 0. The van der Waals surface area contributed by atoms with Crippen molar-refractivity contribution in [3.63, 3.8) is 0 Å². The Hall–Kier alpha value is -2.92. The third kappa shape index (κ3) is 3.79. The van der Waals surface area contributed by atoms with Crippen LogP contribution in [0.1, 0.15) is 55.1 Å². The molecule has 4 rings (SSSR count). The molecule has 3 fully saturated rings. The summed E-state index contributed by atoms with van der Waals surface area (Å²) in [6.07, 6.45) is 2.39. The van der Waals surface area contributed by atoms with Crippen molar-refractivity contribution >= 4 is 17.7 Å². The second kappa shape index (κ2) is 8.31. The van der Waals surface area contributed by atoms with Crippen molar-refractivity contribution in [3.8, 4) is 6.07 Å². The van der Waals surface area contributed by atoms with E-state index in [1.807, 2.05) is 30.9 Å². The molecule has 164 valence electrons. The van der Waals surface area contributed by atoms with Crippen molar-refractivity contribution in [3.05, 3.63) is 35.4 Å². The molecule has 3 heterocycles. The number of nitrogens with zero attached hydrogens (tertiary/aromatic N) is 4. The summed E-state index contributed by atoms with van der Waals surface area (Å²) in [6, 6.07) is 8.83. The van der Waals surface area contributed by atoms with Gasteiger partial charge in [0, 0.05) is 37.2 Å². The van der Waals surface area contributed by atoms with E-state index in [1.165, 1.54) is 0 Å². The van der Waals surface area contributed by atoms with Crippen molar-refractivity contribution in [2.24, 2.45) is 11.7 Å². The third-order valence-corrected chi connectivity index (χ3v) is 7.02. The lowest BCUT2D eigenvalue weighted by Crippen LogP contribution is -2.53. The SMILES string of the molecule is C[C@H](c1ccc(C(N)=O)cc1)N1C(=O)[C@H]2C[C@@H]1CN2C[C@H](C)C(=O)N1CCC[C@H]1C#N. The first kappa shape index (κ1) is 21.3. The van der Waals surface area contributed by atoms with Crippen molar-refractivity contribution < 1.29 is 14.4 Å². The summed E-state index contributed by atoms with van der Waals surface area (Å²) in [5, 5.41) is 9.26. The van der Waals surface area contributed by atoms with Gasteiger partial charge in [-0.1, -0.05) is 19.1 Å². The van der Waals surface area contributed by atoms with E-state index in [-0.39, 0.29) is 41.9 Å². The number of primary amides is 1. The lowest BCUT2D eigenvalue weighted by molar-refractivity contribution is -0.142. The highest BCUT2D eigenvalue weighted by Gasteiger charge is 2.51. The van der Waals surface area contributed by atoms with Gasteiger partial charge in [0.25, 0.3) is 0 Å². The molecule has 3 aliphatic heterocycles. The van der Waals surface area contributed by atoms with Gasteiger partial charge in [-0.05, 0) is 43.9 Å². The Morgan fingerprint density at radius 3 is 2.58 bits per heavy atom. The van der Waals surface area contributed by atoms with Crippen LogP contribution in [0.3, 0.4) is 0 Å². The molecule has 0 saturated carbocycles. The number of hydrogen-bond acceptors (Lipinski definition) is 5. The maximum Gasteiger partial charge on any atom is 0.248 e. The van der Waals surface area contributed by atoms with Gasteiger partial charge < -0.3 is 15.5 Å². The van der Waals surface area contributed by atoms with E-state index >= 15 is 0 Å². The van der Waals surface area contributed by atoms with Crippen LogP contribution in [0.2, 0.25) is 0 Å². The van der Waals surface area contributed by atoms with Crippen LogP contribution >= 0.6 is 0 Å². The summed E-state index contributed by atoms with van der Waals surface area (Å²) in [4.78, 5) is 43.1. The van der Waals surface area contributed by atoms with Crippen LogP contribution in [-0.4, -0.2) is 70.2 Å². The van der Waals surface area contributed by atoms with E-state index in [0.29, 0.717) is 18.7 Å². The molecule has 3 amide bonds. The Labute approximate surface area is 182 Å². The summed E-state index contributed by atoms with van der Waals surface area (Å²) in [5.74, 6) is -0.601. The zero-order chi connectivity index (χ0) is 22.3. The molecule has 0 spiro atoms. The molecule has 1 aromatic rings. The zero-order valence-corrected chi connectivity index (χ0v) is 18.0. The number of nitriles is 1. The number of amides is 3. The Morgan fingerprint density at radius 1 is 1.26 bits per heavy atom. The topological polar surface area (TPSA) is 111 Å². The standard InChI is InChI=1S/C23H29N5O3/c1-14(22(30)27-9-3-4-18(27)11-24)12-26-13-19-10-20(26)23(31)28(19)15(2)16-5-7-17(8-6-16)21(25)29/h5-8,14-15,18-20H,3-4,9-10,12-13H2,1-2H3,(H2,25,29)/t14-,15+,18-,19+,20+/m0/s1. The average molecular weight is 424 g/mol. The van der Waals surface area contributed by atoms with E-state index in [0.717, 1.165) is 31.4 Å². The molecule has 3 saturated heterocycles. The van der Waals surface area contributed by atoms with Gasteiger partial charge in [-0.15, -0.1) is 0 Å². The number of carbonyl (C=O) groups excluding carboxylic acids is 3. The quantitative estimate of drug-likeness (QED) is 0.741. The van der Waals surface area contributed by atoms with Gasteiger partial charge in [-0.2, -0.15) is 5.26 Å². The molecule has 3 aliphatic rings. The zero-order valence-electron chi connectivity index (χ0n) is 18.0. The van der Waals surface area contributed by atoms with Crippen LogP contribution in [-0.2, 0) is 9.59 Å². The van der Waals surface area contributed by atoms with Crippen LogP contribution in [0.25, 0.3) is 0 Å². The fraction of sp³-hybridized carbons (Fsp3) is 0.565. The number of carbonyl (C=O) groups is 3. The first-order chi connectivity index (χ1) is 14.8. The lowest BCUT2D eigenvalue weighted by atomic mass is 10.0. The Bertz CT molecular complexity index is 924. The van der Waals surface area contributed by atoms with Crippen molar-refractivity contribution in [1.82, 2.24) is 14.7 Å². The Balaban J connectivity index is 1.39. The van der Waals surface area contributed by atoms with E-state index in [9.17, 15) is 19.6 Å². The van der Waals surface area contributed by atoms with E-state index < -0.39 is 5.91 Å². The van der Waals surface area contributed by atoms with Gasteiger partial charge in [0.2, 0.25) is 17.7 Å². The molecule has 0 unspecified atom stereocenters. The normalized spacial score (nSPS) is 27.4. The molecule has 5 atom stereocenters. The highest BCUT2D eigenvalue weighted by atomic mass is 16.2. The maximum absolute atomic E-state index is 13.1. The highest BCUT2D eigenvalue weighted by Crippen LogP contribution is 2.38. The predicted octanol–water partition coefficient (Wildman–Crippen LogP) is 1.28. The number of piperazine rings is 1. The number of nitrogens with two attached hydrogens (primary N) is 1. The number of likely N-dealkylation sites (tertiary alicyclic amines) is 3. The number of fused-ring (bicyclic) bond motifs is 2. The van der Waals surface area contributed by atoms with Crippen molar-refractivity contribution in [1.29, 1.82) is 5.26 Å². The van der Waals surface area contributed by atoms with E-state index in [2.05, 4.69) is 11.0 Å². The molecule has 0 aliphatic carbocycles.